The molecule has 0 spiro atoms. The van der Waals surface area contributed by atoms with E-state index in [-0.39, 0.29) is 5.41 Å². The van der Waals surface area contributed by atoms with E-state index >= 15 is 0 Å². The number of ether oxygens (including phenoxy) is 2. The third-order valence-corrected chi connectivity index (χ3v) is 2.95. The van der Waals surface area contributed by atoms with E-state index in [9.17, 15) is 4.79 Å². The fraction of sp³-hybridized carbons (Fsp3) is 0.867. The van der Waals surface area contributed by atoms with Gasteiger partial charge in [-0.2, -0.15) is 0 Å². The molecule has 1 aliphatic heterocycles. The molecule has 0 aromatic rings. The van der Waals surface area contributed by atoms with E-state index in [2.05, 4.69) is 27.9 Å². The first-order valence-corrected chi connectivity index (χ1v) is 7.81. The van der Waals surface area contributed by atoms with Gasteiger partial charge in [-0.25, -0.2) is 4.79 Å². The van der Waals surface area contributed by atoms with Gasteiger partial charge >= 0.3 is 6.09 Å². The third kappa shape index (κ3) is 7.49. The Labute approximate surface area is 133 Å². The lowest BCUT2D eigenvalue weighted by molar-refractivity contribution is -0.0945. The highest BCUT2D eigenvalue weighted by Crippen LogP contribution is 2.26. The molecule has 3 N–H and O–H groups in total. The smallest absolute Gasteiger partial charge is 0.407 e. The first-order valence-electron chi connectivity index (χ1n) is 7.81. The minimum atomic E-state index is -0.478. The van der Waals surface area contributed by atoms with Crippen LogP contribution in [0.25, 0.3) is 0 Å². The molecule has 1 amide bonds. The minimum absolute atomic E-state index is 0.150. The number of carbonyl (C=O) groups is 1. The SMILES string of the molecule is CCNC(=NCC1(C)COC1)NCCNC(=O)OC(C)(C)C. The van der Waals surface area contributed by atoms with Crippen molar-refractivity contribution in [3.05, 3.63) is 0 Å². The highest BCUT2D eigenvalue weighted by atomic mass is 16.6. The molecule has 1 heterocycles. The van der Waals surface area contributed by atoms with Gasteiger partial charge in [-0.1, -0.05) is 6.92 Å². The number of nitrogens with zero attached hydrogens (tertiary/aromatic N) is 1. The van der Waals surface area contributed by atoms with Crippen molar-refractivity contribution in [1.29, 1.82) is 0 Å². The standard InChI is InChI=1S/C15H30N4O3/c1-6-16-12(19-9-15(5)10-21-11-15)17-7-8-18-13(20)22-14(2,3)4/h6-11H2,1-5H3,(H,18,20)(H2,16,17,19). The van der Waals surface area contributed by atoms with Gasteiger partial charge in [0.25, 0.3) is 0 Å². The molecule has 1 rings (SSSR count). The Morgan fingerprint density at radius 2 is 1.86 bits per heavy atom. The fourth-order valence-electron chi connectivity index (χ4n) is 1.81. The summed E-state index contributed by atoms with van der Waals surface area (Å²) in [4.78, 5) is 16.1. The van der Waals surface area contributed by atoms with Crippen LogP contribution in [0.5, 0.6) is 0 Å². The number of hydrogen-bond acceptors (Lipinski definition) is 4. The zero-order chi connectivity index (χ0) is 16.6. The third-order valence-electron chi connectivity index (χ3n) is 2.95. The van der Waals surface area contributed by atoms with Crippen LogP contribution in [-0.4, -0.2) is 57.0 Å². The van der Waals surface area contributed by atoms with E-state index < -0.39 is 11.7 Å². The molecule has 0 aromatic carbocycles. The first-order chi connectivity index (χ1) is 10.2. The lowest BCUT2D eigenvalue weighted by Crippen LogP contribution is -2.45. The van der Waals surface area contributed by atoms with Gasteiger partial charge in [-0.15, -0.1) is 0 Å². The summed E-state index contributed by atoms with van der Waals surface area (Å²) in [5.74, 6) is 0.751. The molecule has 22 heavy (non-hydrogen) atoms. The Morgan fingerprint density at radius 3 is 2.36 bits per heavy atom. The van der Waals surface area contributed by atoms with Crippen LogP contribution in [0.1, 0.15) is 34.6 Å². The quantitative estimate of drug-likeness (QED) is 0.388. The second-order valence-corrected chi connectivity index (χ2v) is 6.85. The topological polar surface area (TPSA) is 84.0 Å². The van der Waals surface area contributed by atoms with Crippen molar-refractivity contribution in [2.24, 2.45) is 10.4 Å². The summed E-state index contributed by atoms with van der Waals surface area (Å²) in [6, 6.07) is 0. The molecule has 0 radical (unpaired) electrons. The van der Waals surface area contributed by atoms with Crippen molar-refractivity contribution in [3.8, 4) is 0 Å². The molecule has 0 saturated carbocycles. The van der Waals surface area contributed by atoms with Crippen LogP contribution < -0.4 is 16.0 Å². The summed E-state index contributed by atoms with van der Waals surface area (Å²) in [5.41, 5.74) is -0.328. The molecule has 7 nitrogen and oxygen atoms in total. The van der Waals surface area contributed by atoms with Gasteiger partial charge < -0.3 is 25.4 Å². The summed E-state index contributed by atoms with van der Waals surface area (Å²) in [6.45, 7) is 13.8. The number of guanidine groups is 1. The van der Waals surface area contributed by atoms with Crippen molar-refractivity contribution in [1.82, 2.24) is 16.0 Å². The summed E-state index contributed by atoms with van der Waals surface area (Å²) >= 11 is 0. The van der Waals surface area contributed by atoms with Crippen molar-refractivity contribution < 1.29 is 14.3 Å². The maximum Gasteiger partial charge on any atom is 0.407 e. The normalized spacial score (nSPS) is 17.4. The van der Waals surface area contributed by atoms with Gasteiger partial charge in [-0.05, 0) is 27.7 Å². The second-order valence-electron chi connectivity index (χ2n) is 6.85. The molecule has 7 heteroatoms. The van der Waals surface area contributed by atoms with Crippen LogP contribution in [0, 0.1) is 5.41 Å². The highest BCUT2D eigenvalue weighted by Gasteiger charge is 2.33. The van der Waals surface area contributed by atoms with Gasteiger partial charge in [0, 0.05) is 25.0 Å². The van der Waals surface area contributed by atoms with Crippen LogP contribution in [0.2, 0.25) is 0 Å². The molecule has 0 bridgehead atoms. The second kappa shape index (κ2) is 8.22. The summed E-state index contributed by atoms with van der Waals surface area (Å²) in [6.07, 6.45) is -0.407. The van der Waals surface area contributed by atoms with Gasteiger partial charge in [0.1, 0.15) is 5.60 Å². The summed E-state index contributed by atoms with van der Waals surface area (Å²) in [5, 5.41) is 9.08. The monoisotopic (exact) mass is 314 g/mol. The van der Waals surface area contributed by atoms with E-state index in [1.165, 1.54) is 0 Å². The number of nitrogens with one attached hydrogen (secondary N) is 3. The van der Waals surface area contributed by atoms with Crippen LogP contribution in [-0.2, 0) is 9.47 Å². The molecule has 1 fully saturated rings. The molecule has 0 atom stereocenters. The van der Waals surface area contributed by atoms with E-state index in [1.54, 1.807) is 0 Å². The van der Waals surface area contributed by atoms with Gasteiger partial charge in [0.15, 0.2) is 5.96 Å². The largest absolute Gasteiger partial charge is 0.444 e. The Morgan fingerprint density at radius 1 is 1.23 bits per heavy atom. The Kier molecular flexibility index (Phi) is 6.93. The van der Waals surface area contributed by atoms with E-state index in [0.717, 1.165) is 32.3 Å². The number of hydrogen-bond donors (Lipinski definition) is 3. The van der Waals surface area contributed by atoms with Gasteiger partial charge in [-0.3, -0.25) is 4.99 Å². The van der Waals surface area contributed by atoms with Crippen molar-refractivity contribution >= 4 is 12.1 Å². The van der Waals surface area contributed by atoms with Crippen LogP contribution in [0.3, 0.4) is 0 Å². The van der Waals surface area contributed by atoms with Crippen molar-refractivity contribution in [2.75, 3.05) is 39.4 Å². The van der Waals surface area contributed by atoms with Crippen molar-refractivity contribution in [2.45, 2.75) is 40.2 Å². The lowest BCUT2D eigenvalue weighted by atomic mass is 9.89. The fourth-order valence-corrected chi connectivity index (χ4v) is 1.81. The molecule has 0 unspecified atom stereocenters. The predicted molar refractivity (Wildman–Crippen MR) is 87.1 cm³/mol. The zero-order valence-electron chi connectivity index (χ0n) is 14.4. The average Bonchev–Trinajstić information content (AvgIpc) is 2.36. The molecule has 1 saturated heterocycles. The highest BCUT2D eigenvalue weighted by molar-refractivity contribution is 5.79. The molecule has 1 aliphatic rings. The van der Waals surface area contributed by atoms with Crippen molar-refractivity contribution in [3.63, 3.8) is 0 Å². The van der Waals surface area contributed by atoms with E-state index in [1.807, 2.05) is 27.7 Å². The minimum Gasteiger partial charge on any atom is -0.444 e. The number of aliphatic imine (C=N–C) groups is 1. The van der Waals surface area contributed by atoms with Crippen LogP contribution in [0.4, 0.5) is 4.79 Å². The molecular formula is C15H30N4O3. The Bertz CT molecular complexity index is 387. The zero-order valence-corrected chi connectivity index (χ0v) is 14.4. The summed E-state index contributed by atoms with van der Waals surface area (Å²) < 4.78 is 10.4. The average molecular weight is 314 g/mol. The summed E-state index contributed by atoms with van der Waals surface area (Å²) in [7, 11) is 0. The maximum absolute atomic E-state index is 11.5. The lowest BCUT2D eigenvalue weighted by Gasteiger charge is -2.36. The van der Waals surface area contributed by atoms with Crippen LogP contribution >= 0.6 is 0 Å². The Balaban J connectivity index is 2.26. The van der Waals surface area contributed by atoms with E-state index in [0.29, 0.717) is 13.1 Å². The molecule has 0 aliphatic carbocycles. The van der Waals surface area contributed by atoms with Gasteiger partial charge in [0.2, 0.25) is 0 Å². The molecule has 128 valence electrons. The number of alkyl carbamates (subject to hydrolysis) is 1. The predicted octanol–water partition coefficient (Wildman–Crippen LogP) is 1.10. The maximum atomic E-state index is 11.5. The number of amides is 1. The number of carbonyl (C=O) groups excluding carboxylic acids is 1. The van der Waals surface area contributed by atoms with E-state index in [4.69, 9.17) is 9.47 Å². The number of rotatable bonds is 6. The molecular weight excluding hydrogens is 284 g/mol. The molecule has 0 aromatic heterocycles. The van der Waals surface area contributed by atoms with Gasteiger partial charge in [0.05, 0.1) is 19.8 Å². The van der Waals surface area contributed by atoms with Crippen LogP contribution in [0.15, 0.2) is 4.99 Å². The Hall–Kier alpha value is -1.50. The first kappa shape index (κ1) is 18.5.